The summed E-state index contributed by atoms with van der Waals surface area (Å²) in [6.07, 6.45) is 2.79. The lowest BCUT2D eigenvalue weighted by molar-refractivity contribution is 0.196. The zero-order valence-corrected chi connectivity index (χ0v) is 11.7. The average molecular weight is 289 g/mol. The fourth-order valence-electron chi connectivity index (χ4n) is 1.80. The highest BCUT2D eigenvalue weighted by Gasteiger charge is 2.15. The highest BCUT2D eigenvalue weighted by atomic mass is 35.5. The summed E-state index contributed by atoms with van der Waals surface area (Å²) in [7, 11) is 0. The predicted octanol–water partition coefficient (Wildman–Crippen LogP) is 2.90. The lowest BCUT2D eigenvalue weighted by Gasteiger charge is -2.20. The maximum atomic E-state index is 12.3. The molecule has 0 aliphatic heterocycles. The smallest absolute Gasteiger partial charge is 0.319 e. The van der Waals surface area contributed by atoms with Crippen molar-refractivity contribution in [1.82, 2.24) is 14.7 Å². The Balaban J connectivity index is 2.15. The third kappa shape index (κ3) is 3.16. The highest BCUT2D eigenvalue weighted by Crippen LogP contribution is 2.13. The minimum atomic E-state index is -0.269. The fraction of sp³-hybridized carbons (Fsp3) is 0.214. The molecule has 2 aromatic rings. The maximum absolute atomic E-state index is 12.3. The molecule has 5 nitrogen and oxygen atoms in total. The number of hydrogen-bond donors (Lipinski definition) is 0. The van der Waals surface area contributed by atoms with Gasteiger partial charge < -0.3 is 4.90 Å². The van der Waals surface area contributed by atoms with Gasteiger partial charge >= 0.3 is 6.03 Å². The molecule has 0 aliphatic rings. The van der Waals surface area contributed by atoms with E-state index in [9.17, 15) is 4.79 Å². The summed E-state index contributed by atoms with van der Waals surface area (Å²) in [5.74, 6) is 0. The molecule has 0 fully saturated rings. The number of nitrogens with zero attached hydrogens (tertiary/aromatic N) is 4. The van der Waals surface area contributed by atoms with Crippen molar-refractivity contribution in [2.24, 2.45) is 0 Å². The molecule has 0 bridgehead atoms. The van der Waals surface area contributed by atoms with Crippen molar-refractivity contribution in [1.29, 1.82) is 5.26 Å². The first-order chi connectivity index (χ1) is 9.63. The van der Waals surface area contributed by atoms with E-state index in [1.807, 2.05) is 31.2 Å². The molecule has 0 saturated heterocycles. The quantitative estimate of drug-likeness (QED) is 0.872. The number of hydrogen-bond acceptors (Lipinski definition) is 3. The average Bonchev–Trinajstić information content (AvgIpc) is 2.93. The van der Waals surface area contributed by atoms with Crippen LogP contribution >= 0.6 is 11.6 Å². The van der Waals surface area contributed by atoms with Crippen molar-refractivity contribution in [3.63, 3.8) is 0 Å². The number of carbonyl (C=O) groups is 1. The zero-order valence-electron chi connectivity index (χ0n) is 11.0. The van der Waals surface area contributed by atoms with Gasteiger partial charge in [-0.3, -0.25) is 0 Å². The Labute approximate surface area is 122 Å². The monoisotopic (exact) mass is 288 g/mol. The van der Waals surface area contributed by atoms with Gasteiger partial charge in [-0.2, -0.15) is 15.0 Å². The van der Waals surface area contributed by atoms with Crippen LogP contribution in [0.15, 0.2) is 36.7 Å². The summed E-state index contributed by atoms with van der Waals surface area (Å²) in [6, 6.07) is 9.04. The van der Waals surface area contributed by atoms with Crippen molar-refractivity contribution in [3.05, 3.63) is 52.8 Å². The predicted molar refractivity (Wildman–Crippen MR) is 75.3 cm³/mol. The number of benzene rings is 1. The number of aromatic nitrogens is 2. The van der Waals surface area contributed by atoms with Crippen LogP contribution in [0.3, 0.4) is 0 Å². The van der Waals surface area contributed by atoms with E-state index >= 15 is 0 Å². The molecule has 20 heavy (non-hydrogen) atoms. The summed E-state index contributed by atoms with van der Waals surface area (Å²) >= 11 is 5.93. The topological polar surface area (TPSA) is 61.9 Å². The van der Waals surface area contributed by atoms with Gasteiger partial charge in [0.15, 0.2) is 0 Å². The van der Waals surface area contributed by atoms with E-state index in [0.717, 1.165) is 5.56 Å². The minimum Gasteiger partial charge on any atom is -0.319 e. The molecular weight excluding hydrogens is 276 g/mol. The van der Waals surface area contributed by atoms with Crippen molar-refractivity contribution in [2.45, 2.75) is 13.5 Å². The molecule has 1 heterocycles. The van der Waals surface area contributed by atoms with Gasteiger partial charge in [-0.1, -0.05) is 23.7 Å². The SMILES string of the molecule is CCN(Cc1cccc(Cl)c1)C(=O)n1cc(C#N)cn1. The van der Waals surface area contributed by atoms with Crippen LogP contribution in [0.25, 0.3) is 0 Å². The normalized spacial score (nSPS) is 10.1. The fourth-order valence-corrected chi connectivity index (χ4v) is 2.01. The molecule has 0 unspecified atom stereocenters. The third-order valence-electron chi connectivity index (χ3n) is 2.82. The standard InChI is InChI=1S/C14H13ClN4O/c1-2-18(9-11-4-3-5-13(15)6-11)14(20)19-10-12(7-16)8-17-19/h3-6,8,10H,2,9H2,1H3. The first kappa shape index (κ1) is 14.1. The van der Waals surface area contributed by atoms with Gasteiger partial charge in [0.25, 0.3) is 0 Å². The second-order valence-electron chi connectivity index (χ2n) is 4.21. The Morgan fingerprint density at radius 2 is 2.35 bits per heavy atom. The Hall–Kier alpha value is -2.32. The molecule has 102 valence electrons. The number of halogens is 1. The van der Waals surface area contributed by atoms with Gasteiger partial charge in [0.2, 0.25) is 0 Å². The van der Waals surface area contributed by atoms with Crippen LogP contribution in [0.4, 0.5) is 4.79 Å². The molecule has 0 N–H and O–H groups in total. The van der Waals surface area contributed by atoms with Gasteiger partial charge in [-0.15, -0.1) is 0 Å². The van der Waals surface area contributed by atoms with E-state index in [-0.39, 0.29) is 6.03 Å². The van der Waals surface area contributed by atoms with Crippen molar-refractivity contribution >= 4 is 17.6 Å². The van der Waals surface area contributed by atoms with Gasteiger partial charge in [0.05, 0.1) is 18.0 Å². The molecule has 1 aromatic carbocycles. The van der Waals surface area contributed by atoms with E-state index in [2.05, 4.69) is 5.10 Å². The van der Waals surface area contributed by atoms with Crippen LogP contribution in [0.1, 0.15) is 18.1 Å². The van der Waals surface area contributed by atoms with Crippen LogP contribution < -0.4 is 0 Å². The molecule has 0 aliphatic carbocycles. The number of nitriles is 1. The Kier molecular flexibility index (Phi) is 4.38. The van der Waals surface area contributed by atoms with Crippen molar-refractivity contribution in [2.75, 3.05) is 6.54 Å². The summed E-state index contributed by atoms with van der Waals surface area (Å²) in [5, 5.41) is 13.3. The molecule has 0 radical (unpaired) electrons. The minimum absolute atomic E-state index is 0.269. The van der Waals surface area contributed by atoms with Crippen molar-refractivity contribution < 1.29 is 4.79 Å². The van der Waals surface area contributed by atoms with Crippen molar-refractivity contribution in [3.8, 4) is 6.07 Å². The first-order valence-electron chi connectivity index (χ1n) is 6.12. The second kappa shape index (κ2) is 6.22. The summed E-state index contributed by atoms with van der Waals surface area (Å²) in [6.45, 7) is 2.86. The summed E-state index contributed by atoms with van der Waals surface area (Å²) in [5.41, 5.74) is 1.30. The van der Waals surface area contributed by atoms with Crippen LogP contribution in [-0.4, -0.2) is 27.3 Å². The maximum Gasteiger partial charge on any atom is 0.344 e. The molecule has 2 rings (SSSR count). The third-order valence-corrected chi connectivity index (χ3v) is 3.06. The van der Waals surface area contributed by atoms with Crippen LogP contribution in [0.5, 0.6) is 0 Å². The molecule has 0 atom stereocenters. The Bertz CT molecular complexity index is 659. The molecule has 6 heteroatoms. The number of amides is 1. The lowest BCUT2D eigenvalue weighted by Crippen LogP contribution is -2.34. The van der Waals surface area contributed by atoms with E-state index in [1.54, 1.807) is 11.0 Å². The van der Waals surface area contributed by atoms with Crippen LogP contribution in [0.2, 0.25) is 5.02 Å². The molecule has 1 aromatic heterocycles. The van der Waals surface area contributed by atoms with Crippen LogP contribution in [-0.2, 0) is 6.54 Å². The first-order valence-corrected chi connectivity index (χ1v) is 6.50. The molecular formula is C14H13ClN4O. The Morgan fingerprint density at radius 1 is 1.55 bits per heavy atom. The van der Waals surface area contributed by atoms with Gasteiger partial charge in [-0.25, -0.2) is 4.79 Å². The highest BCUT2D eigenvalue weighted by molar-refractivity contribution is 6.30. The van der Waals surface area contributed by atoms with Crippen LogP contribution in [0, 0.1) is 11.3 Å². The largest absolute Gasteiger partial charge is 0.344 e. The van der Waals surface area contributed by atoms with Gasteiger partial charge in [-0.05, 0) is 24.6 Å². The molecule has 0 spiro atoms. The number of carbonyl (C=O) groups excluding carboxylic acids is 1. The summed E-state index contributed by atoms with van der Waals surface area (Å²) in [4.78, 5) is 13.9. The Morgan fingerprint density at radius 3 is 2.95 bits per heavy atom. The zero-order chi connectivity index (χ0) is 14.5. The van der Waals surface area contributed by atoms with E-state index in [1.165, 1.54) is 17.1 Å². The van der Waals surface area contributed by atoms with E-state index in [4.69, 9.17) is 16.9 Å². The van der Waals surface area contributed by atoms with E-state index < -0.39 is 0 Å². The number of rotatable bonds is 3. The molecule has 0 saturated carbocycles. The second-order valence-corrected chi connectivity index (χ2v) is 4.65. The van der Waals surface area contributed by atoms with Gasteiger partial charge in [0, 0.05) is 18.1 Å². The molecule has 1 amide bonds. The lowest BCUT2D eigenvalue weighted by atomic mass is 10.2. The van der Waals surface area contributed by atoms with E-state index in [0.29, 0.717) is 23.7 Å². The summed E-state index contributed by atoms with van der Waals surface area (Å²) < 4.78 is 1.17. The van der Waals surface area contributed by atoms with Gasteiger partial charge in [0.1, 0.15) is 6.07 Å².